The van der Waals surface area contributed by atoms with Crippen molar-refractivity contribution >= 4 is 28.4 Å². The number of hydrogen-bond acceptors (Lipinski definition) is 7. The van der Waals surface area contributed by atoms with Crippen LogP contribution in [0, 0.1) is 0 Å². The van der Waals surface area contributed by atoms with Crippen LogP contribution in [0.3, 0.4) is 0 Å². The Hall–Kier alpha value is -3.68. The molecule has 4 rings (SSSR count). The molecular formula is C22H25N7O. The normalized spacial score (nSPS) is 11.1. The number of hydrogen-bond donors (Lipinski definition) is 2. The maximum atomic E-state index is 6.15. The van der Waals surface area contributed by atoms with Gasteiger partial charge in [-0.1, -0.05) is 19.9 Å². The highest BCUT2D eigenvalue weighted by atomic mass is 16.5. The number of pyridine rings is 1. The van der Waals surface area contributed by atoms with E-state index in [0.29, 0.717) is 23.0 Å². The molecule has 3 aromatic heterocycles. The number of nitrogen functional groups attached to an aromatic ring is 1. The zero-order valence-electron chi connectivity index (χ0n) is 17.6. The fraction of sp³-hybridized carbons (Fsp3) is 0.273. The van der Waals surface area contributed by atoms with E-state index in [-0.39, 0.29) is 0 Å². The van der Waals surface area contributed by atoms with Crippen molar-refractivity contribution in [1.29, 1.82) is 0 Å². The number of aryl methyl sites for hydroxylation is 3. The molecule has 30 heavy (non-hydrogen) atoms. The summed E-state index contributed by atoms with van der Waals surface area (Å²) >= 11 is 0. The van der Waals surface area contributed by atoms with Crippen LogP contribution >= 0.6 is 0 Å². The van der Waals surface area contributed by atoms with Crippen molar-refractivity contribution in [3.63, 3.8) is 0 Å². The first-order valence-corrected chi connectivity index (χ1v) is 9.92. The van der Waals surface area contributed by atoms with Crippen LogP contribution in [0.2, 0.25) is 0 Å². The Morgan fingerprint density at radius 1 is 1.10 bits per heavy atom. The largest absolute Gasteiger partial charge is 0.495 e. The first kappa shape index (κ1) is 19.6. The van der Waals surface area contributed by atoms with Gasteiger partial charge in [-0.05, 0) is 36.1 Å². The Morgan fingerprint density at radius 2 is 1.93 bits per heavy atom. The van der Waals surface area contributed by atoms with Gasteiger partial charge in [0.25, 0.3) is 0 Å². The third-order valence-corrected chi connectivity index (χ3v) is 5.11. The number of benzene rings is 1. The summed E-state index contributed by atoms with van der Waals surface area (Å²) in [4.78, 5) is 13.7. The molecule has 0 aliphatic carbocycles. The highest BCUT2D eigenvalue weighted by Crippen LogP contribution is 2.33. The number of ether oxygens (including phenoxy) is 1. The third kappa shape index (κ3) is 3.52. The topological polar surface area (TPSA) is 104 Å². The first-order valence-electron chi connectivity index (χ1n) is 9.92. The summed E-state index contributed by atoms with van der Waals surface area (Å²) in [6, 6.07) is 5.92. The Morgan fingerprint density at radius 3 is 2.60 bits per heavy atom. The van der Waals surface area contributed by atoms with E-state index in [0.717, 1.165) is 46.3 Å². The van der Waals surface area contributed by atoms with Crippen molar-refractivity contribution in [3.05, 3.63) is 48.0 Å². The molecular weight excluding hydrogens is 378 g/mol. The molecule has 154 valence electrons. The molecule has 0 saturated carbocycles. The fourth-order valence-electron chi connectivity index (χ4n) is 3.55. The number of anilines is 3. The van der Waals surface area contributed by atoms with Gasteiger partial charge in [-0.25, -0.2) is 15.0 Å². The summed E-state index contributed by atoms with van der Waals surface area (Å²) in [6.07, 6.45) is 7.21. The van der Waals surface area contributed by atoms with Crippen LogP contribution in [0.15, 0.2) is 36.8 Å². The van der Waals surface area contributed by atoms with Crippen LogP contribution < -0.4 is 15.8 Å². The van der Waals surface area contributed by atoms with Gasteiger partial charge in [-0.3, -0.25) is 4.68 Å². The smallest absolute Gasteiger partial charge is 0.228 e. The molecule has 0 spiro atoms. The van der Waals surface area contributed by atoms with Gasteiger partial charge in [0.15, 0.2) is 0 Å². The van der Waals surface area contributed by atoms with E-state index in [4.69, 9.17) is 15.5 Å². The number of nitrogens with two attached hydrogens (primary N) is 1. The minimum atomic E-state index is 0.404. The van der Waals surface area contributed by atoms with Gasteiger partial charge in [0, 0.05) is 30.4 Å². The minimum Gasteiger partial charge on any atom is -0.495 e. The van der Waals surface area contributed by atoms with Crippen LogP contribution in [0.1, 0.15) is 25.1 Å². The van der Waals surface area contributed by atoms with Gasteiger partial charge < -0.3 is 15.8 Å². The number of nitrogens with zero attached hydrogens (tertiary/aromatic N) is 5. The zero-order chi connectivity index (χ0) is 21.3. The summed E-state index contributed by atoms with van der Waals surface area (Å²) < 4.78 is 7.38. The number of fused-ring (bicyclic) bond motifs is 1. The van der Waals surface area contributed by atoms with Gasteiger partial charge >= 0.3 is 0 Å². The van der Waals surface area contributed by atoms with Gasteiger partial charge in [0.2, 0.25) is 5.95 Å². The molecule has 8 heteroatoms. The lowest BCUT2D eigenvalue weighted by atomic mass is 10.1. The summed E-state index contributed by atoms with van der Waals surface area (Å²) in [5.41, 5.74) is 11.7. The SMILES string of the molecule is CCc1cnc(N)c2nc(Nc3ccc(-c4cnn(C)c4)cc3OC)nc(CC)c12. The lowest BCUT2D eigenvalue weighted by molar-refractivity contribution is 0.417. The monoisotopic (exact) mass is 403 g/mol. The van der Waals surface area contributed by atoms with E-state index in [1.165, 1.54) is 0 Å². The van der Waals surface area contributed by atoms with E-state index in [2.05, 4.69) is 34.2 Å². The second-order valence-corrected chi connectivity index (χ2v) is 7.04. The lowest BCUT2D eigenvalue weighted by Crippen LogP contribution is -2.06. The van der Waals surface area contributed by atoms with E-state index in [1.807, 2.05) is 43.8 Å². The van der Waals surface area contributed by atoms with Crippen LogP contribution in [-0.2, 0) is 19.9 Å². The summed E-state index contributed by atoms with van der Waals surface area (Å²) in [7, 11) is 3.53. The molecule has 0 unspecified atom stereocenters. The van der Waals surface area contributed by atoms with Gasteiger partial charge in [0.05, 0.1) is 24.7 Å². The minimum absolute atomic E-state index is 0.404. The average Bonchev–Trinajstić information content (AvgIpc) is 3.20. The molecule has 3 N–H and O–H groups in total. The predicted octanol–water partition coefficient (Wildman–Crippen LogP) is 3.88. The Balaban J connectivity index is 1.76. The van der Waals surface area contributed by atoms with E-state index >= 15 is 0 Å². The van der Waals surface area contributed by atoms with Crippen molar-refractivity contribution in [3.8, 4) is 16.9 Å². The maximum Gasteiger partial charge on any atom is 0.228 e. The number of nitrogens with one attached hydrogen (secondary N) is 1. The van der Waals surface area contributed by atoms with Crippen LogP contribution in [-0.4, -0.2) is 31.8 Å². The van der Waals surface area contributed by atoms with Crippen molar-refractivity contribution in [2.75, 3.05) is 18.2 Å². The van der Waals surface area contributed by atoms with Crippen LogP contribution in [0.5, 0.6) is 5.75 Å². The molecule has 4 aromatic rings. The first-order chi connectivity index (χ1) is 14.5. The molecule has 8 nitrogen and oxygen atoms in total. The van der Waals surface area contributed by atoms with E-state index < -0.39 is 0 Å². The van der Waals surface area contributed by atoms with Gasteiger partial charge in [0.1, 0.15) is 17.1 Å². The molecule has 0 atom stereocenters. The van der Waals surface area contributed by atoms with Crippen molar-refractivity contribution in [2.24, 2.45) is 7.05 Å². The lowest BCUT2D eigenvalue weighted by Gasteiger charge is -2.15. The third-order valence-electron chi connectivity index (χ3n) is 5.11. The highest BCUT2D eigenvalue weighted by molar-refractivity contribution is 5.92. The molecule has 1 aromatic carbocycles. The maximum absolute atomic E-state index is 6.15. The average molecular weight is 403 g/mol. The van der Waals surface area contributed by atoms with Crippen molar-refractivity contribution in [2.45, 2.75) is 26.7 Å². The second kappa shape index (κ2) is 7.98. The number of rotatable bonds is 6. The molecule has 0 radical (unpaired) electrons. The van der Waals surface area contributed by atoms with E-state index in [1.54, 1.807) is 11.8 Å². The van der Waals surface area contributed by atoms with Gasteiger partial charge in [-0.15, -0.1) is 0 Å². The fourth-order valence-corrected chi connectivity index (χ4v) is 3.55. The Bertz CT molecular complexity index is 1220. The molecule has 0 saturated heterocycles. The molecule has 0 amide bonds. The highest BCUT2D eigenvalue weighted by Gasteiger charge is 2.15. The quantitative estimate of drug-likeness (QED) is 0.503. The van der Waals surface area contributed by atoms with Crippen molar-refractivity contribution < 1.29 is 4.74 Å². The standard InChI is InChI=1S/C22H25N7O/c1-5-13-10-24-21(23)20-19(13)16(6-2)26-22(28-20)27-17-8-7-14(9-18(17)30-4)15-11-25-29(3)12-15/h7-12H,5-6H2,1-4H3,(H2,23,24)(H,26,27,28). The van der Waals surface area contributed by atoms with E-state index in [9.17, 15) is 0 Å². The molecule has 0 fully saturated rings. The number of aromatic nitrogens is 5. The number of methoxy groups -OCH3 is 1. The molecule has 0 bridgehead atoms. The van der Waals surface area contributed by atoms with Crippen LogP contribution in [0.4, 0.5) is 17.5 Å². The zero-order valence-corrected chi connectivity index (χ0v) is 17.6. The van der Waals surface area contributed by atoms with Crippen molar-refractivity contribution in [1.82, 2.24) is 24.7 Å². The summed E-state index contributed by atoms with van der Waals surface area (Å²) in [5.74, 6) is 1.56. The van der Waals surface area contributed by atoms with Gasteiger partial charge in [-0.2, -0.15) is 5.10 Å². The second-order valence-electron chi connectivity index (χ2n) is 7.04. The summed E-state index contributed by atoms with van der Waals surface area (Å²) in [6.45, 7) is 4.16. The predicted molar refractivity (Wildman–Crippen MR) is 119 cm³/mol. The molecule has 3 heterocycles. The molecule has 0 aliphatic heterocycles. The Kier molecular flexibility index (Phi) is 5.22. The summed E-state index contributed by atoms with van der Waals surface area (Å²) in [5, 5.41) is 8.52. The Labute approximate surface area is 175 Å². The molecule has 0 aliphatic rings. The van der Waals surface area contributed by atoms with Crippen LogP contribution in [0.25, 0.3) is 22.0 Å².